The van der Waals surface area contributed by atoms with Crippen LogP contribution in [0.1, 0.15) is 25.0 Å². The Balaban J connectivity index is 1.85. The molecule has 0 atom stereocenters. The summed E-state index contributed by atoms with van der Waals surface area (Å²) < 4.78 is 29.2. The molecule has 152 valence electrons. The van der Waals surface area contributed by atoms with E-state index in [4.69, 9.17) is 9.88 Å². The summed E-state index contributed by atoms with van der Waals surface area (Å²) in [6.07, 6.45) is 0. The maximum Gasteiger partial charge on any atom is 0.238 e. The number of carbonyl (C=O) groups excluding carboxylic acids is 1. The SMILES string of the molecule is CC1(C)OC(c2ccc(S(N)(=O)=O)cc2)=C(c2cccc(-c3ccccc3)c2)C1=O. The minimum atomic E-state index is -3.80. The second-order valence-corrected chi connectivity index (χ2v) is 9.22. The lowest BCUT2D eigenvalue weighted by Crippen LogP contribution is -2.29. The number of ketones is 1. The van der Waals surface area contributed by atoms with Crippen molar-refractivity contribution in [1.82, 2.24) is 0 Å². The van der Waals surface area contributed by atoms with Gasteiger partial charge in [0.2, 0.25) is 15.8 Å². The third-order valence-electron chi connectivity index (χ3n) is 5.06. The van der Waals surface area contributed by atoms with Crippen molar-refractivity contribution in [3.63, 3.8) is 0 Å². The molecule has 0 aliphatic carbocycles. The molecule has 30 heavy (non-hydrogen) atoms. The summed E-state index contributed by atoms with van der Waals surface area (Å²) >= 11 is 0. The van der Waals surface area contributed by atoms with Crippen LogP contribution in [0.15, 0.2) is 83.8 Å². The molecule has 0 spiro atoms. The van der Waals surface area contributed by atoms with Gasteiger partial charge < -0.3 is 4.74 Å². The van der Waals surface area contributed by atoms with E-state index >= 15 is 0 Å². The molecule has 2 N–H and O–H groups in total. The van der Waals surface area contributed by atoms with Crippen molar-refractivity contribution < 1.29 is 17.9 Å². The number of sulfonamides is 1. The predicted octanol–water partition coefficient (Wildman–Crippen LogP) is 4.25. The number of rotatable bonds is 4. The second kappa shape index (κ2) is 7.23. The number of ether oxygens (including phenoxy) is 1. The number of benzene rings is 3. The molecule has 0 radical (unpaired) electrons. The molecule has 4 rings (SSSR count). The number of carbonyl (C=O) groups is 1. The first-order valence-electron chi connectivity index (χ1n) is 9.44. The van der Waals surface area contributed by atoms with E-state index in [0.717, 1.165) is 16.7 Å². The van der Waals surface area contributed by atoms with E-state index in [9.17, 15) is 13.2 Å². The molecule has 1 aliphatic heterocycles. The minimum absolute atomic E-state index is 0.00283. The van der Waals surface area contributed by atoms with Crippen LogP contribution in [0, 0.1) is 0 Å². The maximum absolute atomic E-state index is 13.2. The van der Waals surface area contributed by atoms with Gasteiger partial charge in [-0.05, 0) is 60.9 Å². The van der Waals surface area contributed by atoms with Crippen molar-refractivity contribution >= 4 is 27.1 Å². The molecule has 3 aromatic rings. The summed E-state index contributed by atoms with van der Waals surface area (Å²) in [5.41, 5.74) is 2.85. The Morgan fingerprint density at radius 1 is 0.767 bits per heavy atom. The Morgan fingerprint density at radius 2 is 1.37 bits per heavy atom. The van der Waals surface area contributed by atoms with Gasteiger partial charge in [-0.2, -0.15) is 0 Å². The fraction of sp³-hybridized carbons (Fsp3) is 0.125. The molecule has 1 aliphatic rings. The molecule has 5 nitrogen and oxygen atoms in total. The van der Waals surface area contributed by atoms with E-state index in [1.165, 1.54) is 12.1 Å². The first kappa shape index (κ1) is 20.1. The highest BCUT2D eigenvalue weighted by molar-refractivity contribution is 7.89. The maximum atomic E-state index is 13.2. The zero-order valence-electron chi connectivity index (χ0n) is 16.6. The van der Waals surface area contributed by atoms with E-state index in [1.54, 1.807) is 26.0 Å². The van der Waals surface area contributed by atoms with Gasteiger partial charge in [0.15, 0.2) is 5.60 Å². The Kier molecular flexibility index (Phi) is 4.84. The lowest BCUT2D eigenvalue weighted by molar-refractivity contribution is -0.125. The zero-order valence-corrected chi connectivity index (χ0v) is 17.4. The first-order chi connectivity index (χ1) is 14.2. The van der Waals surface area contributed by atoms with Gasteiger partial charge in [-0.1, -0.05) is 48.5 Å². The number of primary sulfonamides is 1. The van der Waals surface area contributed by atoms with E-state index in [-0.39, 0.29) is 10.7 Å². The number of hydrogen-bond donors (Lipinski definition) is 1. The number of Topliss-reactive ketones (excluding diaryl/α,β-unsaturated/α-hetero) is 1. The summed E-state index contributed by atoms with van der Waals surface area (Å²) in [5, 5.41) is 5.19. The van der Waals surface area contributed by atoms with Crippen molar-refractivity contribution in [2.24, 2.45) is 5.14 Å². The summed E-state index contributed by atoms with van der Waals surface area (Å²) in [5.74, 6) is 0.300. The Bertz CT molecular complexity index is 1260. The van der Waals surface area contributed by atoms with Crippen LogP contribution in [0.25, 0.3) is 22.5 Å². The molecule has 1 heterocycles. The minimum Gasteiger partial charge on any atom is -0.478 e. The van der Waals surface area contributed by atoms with Crippen LogP contribution in [0.5, 0.6) is 0 Å². The van der Waals surface area contributed by atoms with Crippen molar-refractivity contribution in [2.45, 2.75) is 24.3 Å². The summed E-state index contributed by atoms with van der Waals surface area (Å²) in [6.45, 7) is 3.45. The van der Waals surface area contributed by atoms with Crippen molar-refractivity contribution in [3.05, 3.63) is 90.0 Å². The van der Waals surface area contributed by atoms with Gasteiger partial charge >= 0.3 is 0 Å². The molecule has 0 unspecified atom stereocenters. The van der Waals surface area contributed by atoms with Gasteiger partial charge in [-0.3, -0.25) is 4.79 Å². The van der Waals surface area contributed by atoms with Crippen LogP contribution in [0.2, 0.25) is 0 Å². The van der Waals surface area contributed by atoms with Crippen LogP contribution in [0.4, 0.5) is 0 Å². The van der Waals surface area contributed by atoms with Gasteiger partial charge in [0, 0.05) is 5.56 Å². The van der Waals surface area contributed by atoms with Crippen molar-refractivity contribution in [3.8, 4) is 11.1 Å². The average Bonchev–Trinajstić information content (AvgIpc) is 2.97. The topological polar surface area (TPSA) is 86.5 Å². The number of hydrogen-bond acceptors (Lipinski definition) is 4. The van der Waals surface area contributed by atoms with Crippen molar-refractivity contribution in [1.29, 1.82) is 0 Å². The molecule has 0 aromatic heterocycles. The summed E-state index contributed by atoms with van der Waals surface area (Å²) in [6, 6.07) is 23.7. The molecule has 3 aromatic carbocycles. The smallest absolute Gasteiger partial charge is 0.238 e. The predicted molar refractivity (Wildman–Crippen MR) is 117 cm³/mol. The molecule has 0 saturated carbocycles. The first-order valence-corrected chi connectivity index (χ1v) is 11.0. The molecule has 0 saturated heterocycles. The molecular formula is C24H21NO4S. The fourth-order valence-electron chi connectivity index (χ4n) is 3.50. The van der Waals surface area contributed by atoms with E-state index in [1.807, 2.05) is 54.6 Å². The monoisotopic (exact) mass is 419 g/mol. The highest BCUT2D eigenvalue weighted by Crippen LogP contribution is 2.42. The van der Waals surface area contributed by atoms with Crippen LogP contribution in [0.3, 0.4) is 0 Å². The molecule has 0 fully saturated rings. The third-order valence-corrected chi connectivity index (χ3v) is 5.99. The molecule has 0 amide bonds. The van der Waals surface area contributed by atoms with Gasteiger partial charge in [0.05, 0.1) is 10.5 Å². The molecule has 0 bridgehead atoms. The van der Waals surface area contributed by atoms with Crippen LogP contribution in [-0.4, -0.2) is 19.8 Å². The lowest BCUT2D eigenvalue weighted by Gasteiger charge is -2.17. The largest absolute Gasteiger partial charge is 0.478 e. The van der Waals surface area contributed by atoms with E-state index in [0.29, 0.717) is 16.9 Å². The Hall–Kier alpha value is -3.22. The summed E-state index contributed by atoms with van der Waals surface area (Å²) in [7, 11) is -3.80. The van der Waals surface area contributed by atoms with E-state index < -0.39 is 15.6 Å². The second-order valence-electron chi connectivity index (χ2n) is 7.66. The Morgan fingerprint density at radius 3 is 2.00 bits per heavy atom. The number of nitrogens with two attached hydrogens (primary N) is 1. The van der Waals surface area contributed by atoms with Crippen molar-refractivity contribution in [2.75, 3.05) is 0 Å². The highest BCUT2D eigenvalue weighted by atomic mass is 32.2. The fourth-order valence-corrected chi connectivity index (χ4v) is 4.02. The van der Waals surface area contributed by atoms with Crippen LogP contribution in [-0.2, 0) is 19.6 Å². The normalized spacial score (nSPS) is 15.9. The third kappa shape index (κ3) is 3.67. The quantitative estimate of drug-likeness (QED) is 0.685. The van der Waals surface area contributed by atoms with Gasteiger partial charge in [-0.15, -0.1) is 0 Å². The van der Waals surface area contributed by atoms with Crippen LogP contribution < -0.4 is 5.14 Å². The average molecular weight is 420 g/mol. The van der Waals surface area contributed by atoms with E-state index in [2.05, 4.69) is 0 Å². The van der Waals surface area contributed by atoms with Crippen LogP contribution >= 0.6 is 0 Å². The van der Waals surface area contributed by atoms with Gasteiger partial charge in [0.25, 0.3) is 0 Å². The van der Waals surface area contributed by atoms with Gasteiger partial charge in [-0.25, -0.2) is 13.6 Å². The zero-order chi connectivity index (χ0) is 21.5. The molecular weight excluding hydrogens is 398 g/mol. The summed E-state index contributed by atoms with van der Waals surface area (Å²) in [4.78, 5) is 13.2. The standard InChI is InChI=1S/C24H21NO4S/c1-24(2)23(26)21(19-10-6-9-18(15-19)16-7-4-3-5-8-16)22(29-24)17-11-13-20(14-12-17)30(25,27)28/h3-15H,1-2H3,(H2,25,27,28). The Labute approximate surface area is 175 Å². The van der Waals surface area contributed by atoms with Gasteiger partial charge in [0.1, 0.15) is 5.76 Å². The molecule has 6 heteroatoms. The lowest BCUT2D eigenvalue weighted by atomic mass is 9.91. The highest BCUT2D eigenvalue weighted by Gasteiger charge is 2.42.